The van der Waals surface area contributed by atoms with Crippen LogP contribution in [-0.4, -0.2) is 12.6 Å². The molecular weight excluding hydrogens is 248 g/mol. The summed E-state index contributed by atoms with van der Waals surface area (Å²) in [6.45, 7) is 4.66. The minimum absolute atomic E-state index is 0.195. The van der Waals surface area contributed by atoms with E-state index < -0.39 is 0 Å². The standard InChI is InChI=1S/C14H19ClN2O/c1-11(2)7-9-16-14(18)17-10-8-12-5-3-4-6-13(12)15/h3-7,9,11H,8,10H2,1-2H3,(H2,16,17,18)/b9-7+. The second kappa shape index (κ2) is 7.77. The van der Waals surface area contributed by atoms with Crippen molar-refractivity contribution >= 4 is 17.6 Å². The van der Waals surface area contributed by atoms with E-state index in [1.807, 2.05) is 44.2 Å². The van der Waals surface area contributed by atoms with Gasteiger partial charge in [-0.25, -0.2) is 4.79 Å². The molecule has 0 bridgehead atoms. The smallest absolute Gasteiger partial charge is 0.318 e. The SMILES string of the molecule is CC(C)/C=C/NC(=O)NCCc1ccccc1Cl. The third kappa shape index (κ3) is 5.73. The van der Waals surface area contributed by atoms with Crippen molar-refractivity contribution in [1.29, 1.82) is 0 Å². The summed E-state index contributed by atoms with van der Waals surface area (Å²) in [5.41, 5.74) is 1.04. The van der Waals surface area contributed by atoms with Gasteiger partial charge in [0.15, 0.2) is 0 Å². The summed E-state index contributed by atoms with van der Waals surface area (Å²) < 4.78 is 0. The number of urea groups is 1. The van der Waals surface area contributed by atoms with Crippen molar-refractivity contribution in [2.24, 2.45) is 5.92 Å². The van der Waals surface area contributed by atoms with E-state index in [1.54, 1.807) is 6.20 Å². The van der Waals surface area contributed by atoms with Gasteiger partial charge in [-0.1, -0.05) is 49.7 Å². The van der Waals surface area contributed by atoms with E-state index in [2.05, 4.69) is 10.6 Å². The number of carbonyl (C=O) groups is 1. The van der Waals surface area contributed by atoms with Crippen molar-refractivity contribution in [1.82, 2.24) is 10.6 Å². The van der Waals surface area contributed by atoms with Gasteiger partial charge < -0.3 is 10.6 Å². The van der Waals surface area contributed by atoms with Gasteiger partial charge in [-0.05, 0) is 24.0 Å². The van der Waals surface area contributed by atoms with E-state index in [9.17, 15) is 4.79 Å². The lowest BCUT2D eigenvalue weighted by molar-refractivity contribution is 0.244. The van der Waals surface area contributed by atoms with Crippen LogP contribution in [0, 0.1) is 5.92 Å². The van der Waals surface area contributed by atoms with E-state index in [4.69, 9.17) is 11.6 Å². The Bertz CT molecular complexity index is 416. The van der Waals surface area contributed by atoms with Crippen molar-refractivity contribution in [3.05, 3.63) is 47.1 Å². The highest BCUT2D eigenvalue weighted by atomic mass is 35.5. The highest BCUT2D eigenvalue weighted by molar-refractivity contribution is 6.31. The molecule has 0 aliphatic carbocycles. The van der Waals surface area contributed by atoms with Crippen LogP contribution >= 0.6 is 11.6 Å². The third-order valence-corrected chi connectivity index (χ3v) is 2.70. The molecule has 0 saturated heterocycles. The van der Waals surface area contributed by atoms with Gasteiger partial charge in [0.2, 0.25) is 0 Å². The third-order valence-electron chi connectivity index (χ3n) is 2.33. The summed E-state index contributed by atoms with van der Waals surface area (Å²) in [5.74, 6) is 0.424. The van der Waals surface area contributed by atoms with Gasteiger partial charge in [0, 0.05) is 17.8 Å². The first-order chi connectivity index (χ1) is 8.59. The van der Waals surface area contributed by atoms with E-state index in [-0.39, 0.29) is 6.03 Å². The van der Waals surface area contributed by atoms with Gasteiger partial charge in [-0.15, -0.1) is 0 Å². The molecule has 0 radical (unpaired) electrons. The van der Waals surface area contributed by atoms with Crippen LogP contribution in [0.1, 0.15) is 19.4 Å². The Kier molecular flexibility index (Phi) is 6.29. The van der Waals surface area contributed by atoms with Crippen molar-refractivity contribution < 1.29 is 4.79 Å². The van der Waals surface area contributed by atoms with E-state index in [1.165, 1.54) is 0 Å². The number of amides is 2. The summed E-state index contributed by atoms with van der Waals surface area (Å²) in [4.78, 5) is 11.4. The maximum absolute atomic E-state index is 11.4. The number of hydrogen-bond donors (Lipinski definition) is 2. The van der Waals surface area contributed by atoms with Crippen molar-refractivity contribution in [3.63, 3.8) is 0 Å². The zero-order valence-corrected chi connectivity index (χ0v) is 11.5. The molecule has 0 heterocycles. The highest BCUT2D eigenvalue weighted by Crippen LogP contribution is 2.14. The Morgan fingerprint density at radius 2 is 2.11 bits per heavy atom. The molecule has 2 amide bonds. The molecule has 0 unspecified atom stereocenters. The van der Waals surface area contributed by atoms with Gasteiger partial charge in [-0.2, -0.15) is 0 Å². The van der Waals surface area contributed by atoms with Crippen LogP contribution in [-0.2, 0) is 6.42 Å². The summed E-state index contributed by atoms with van der Waals surface area (Å²) >= 11 is 6.02. The fourth-order valence-electron chi connectivity index (χ4n) is 1.38. The normalized spacial score (nSPS) is 10.9. The lowest BCUT2D eigenvalue weighted by atomic mass is 10.1. The highest BCUT2D eigenvalue weighted by Gasteiger charge is 2.00. The average Bonchev–Trinajstić information content (AvgIpc) is 2.31. The van der Waals surface area contributed by atoms with Crippen molar-refractivity contribution in [2.45, 2.75) is 20.3 Å². The molecule has 1 rings (SSSR count). The first-order valence-corrected chi connectivity index (χ1v) is 6.42. The second-order valence-electron chi connectivity index (χ2n) is 4.34. The quantitative estimate of drug-likeness (QED) is 0.843. The van der Waals surface area contributed by atoms with Crippen LogP contribution in [0.25, 0.3) is 0 Å². The maximum atomic E-state index is 11.4. The first-order valence-electron chi connectivity index (χ1n) is 6.04. The summed E-state index contributed by atoms with van der Waals surface area (Å²) in [5, 5.41) is 6.16. The molecule has 0 fully saturated rings. The molecule has 0 saturated carbocycles. The number of benzene rings is 1. The Balaban J connectivity index is 2.26. The zero-order valence-electron chi connectivity index (χ0n) is 10.7. The minimum atomic E-state index is -0.195. The number of halogens is 1. The van der Waals surface area contributed by atoms with Crippen LogP contribution < -0.4 is 10.6 Å². The zero-order chi connectivity index (χ0) is 13.4. The van der Waals surface area contributed by atoms with Gasteiger partial charge in [0.25, 0.3) is 0 Å². The van der Waals surface area contributed by atoms with Crippen molar-refractivity contribution in [2.75, 3.05) is 6.54 Å². The van der Waals surface area contributed by atoms with Crippen LogP contribution in [0.4, 0.5) is 4.79 Å². The largest absolute Gasteiger partial charge is 0.338 e. The number of rotatable bonds is 5. The Morgan fingerprint density at radius 1 is 1.39 bits per heavy atom. The molecular formula is C14H19ClN2O. The lowest BCUT2D eigenvalue weighted by Crippen LogP contribution is -2.33. The van der Waals surface area contributed by atoms with Gasteiger partial charge in [0.05, 0.1) is 0 Å². The average molecular weight is 267 g/mol. The molecule has 0 aliphatic heterocycles. The lowest BCUT2D eigenvalue weighted by Gasteiger charge is -2.06. The summed E-state index contributed by atoms with van der Waals surface area (Å²) in [6.07, 6.45) is 4.31. The Hall–Kier alpha value is -1.48. The van der Waals surface area contributed by atoms with E-state index in [0.717, 1.165) is 17.0 Å². The summed E-state index contributed by atoms with van der Waals surface area (Å²) in [7, 11) is 0. The van der Waals surface area contributed by atoms with Crippen LogP contribution in [0.15, 0.2) is 36.5 Å². The molecule has 0 atom stereocenters. The molecule has 1 aromatic carbocycles. The Labute approximate surface area is 113 Å². The van der Waals surface area contributed by atoms with Crippen LogP contribution in [0.3, 0.4) is 0 Å². The fraction of sp³-hybridized carbons (Fsp3) is 0.357. The molecule has 98 valence electrons. The second-order valence-corrected chi connectivity index (χ2v) is 4.75. The number of carbonyl (C=O) groups excluding carboxylic acids is 1. The van der Waals surface area contributed by atoms with Crippen molar-refractivity contribution in [3.8, 4) is 0 Å². The molecule has 18 heavy (non-hydrogen) atoms. The molecule has 3 nitrogen and oxygen atoms in total. The number of nitrogens with one attached hydrogen (secondary N) is 2. The monoisotopic (exact) mass is 266 g/mol. The first kappa shape index (κ1) is 14.6. The molecule has 0 aliphatic rings. The number of allylic oxidation sites excluding steroid dienone is 1. The van der Waals surface area contributed by atoms with Gasteiger partial charge in [0.1, 0.15) is 0 Å². The predicted octanol–water partition coefficient (Wildman–Crippen LogP) is 3.35. The molecule has 2 N–H and O–H groups in total. The number of hydrogen-bond acceptors (Lipinski definition) is 1. The molecule has 0 aromatic heterocycles. The molecule has 0 spiro atoms. The molecule has 4 heteroatoms. The minimum Gasteiger partial charge on any atom is -0.338 e. The predicted molar refractivity (Wildman–Crippen MR) is 75.7 cm³/mol. The maximum Gasteiger partial charge on any atom is 0.318 e. The summed E-state index contributed by atoms with van der Waals surface area (Å²) in [6, 6.07) is 7.44. The van der Waals surface area contributed by atoms with Gasteiger partial charge in [-0.3, -0.25) is 0 Å². The van der Waals surface area contributed by atoms with Crippen LogP contribution in [0.2, 0.25) is 5.02 Å². The van der Waals surface area contributed by atoms with Gasteiger partial charge >= 0.3 is 6.03 Å². The van der Waals surface area contributed by atoms with E-state index in [0.29, 0.717) is 12.5 Å². The Morgan fingerprint density at radius 3 is 2.78 bits per heavy atom. The topological polar surface area (TPSA) is 41.1 Å². The molecule has 1 aromatic rings. The fourth-order valence-corrected chi connectivity index (χ4v) is 1.61. The van der Waals surface area contributed by atoms with E-state index >= 15 is 0 Å². The van der Waals surface area contributed by atoms with Crippen LogP contribution in [0.5, 0.6) is 0 Å².